The third-order valence-corrected chi connectivity index (χ3v) is 4.40. The second-order valence-electron chi connectivity index (χ2n) is 6.56. The predicted octanol–water partition coefficient (Wildman–Crippen LogP) is 2.42. The zero-order chi connectivity index (χ0) is 17.3. The monoisotopic (exact) mass is 327 g/mol. The summed E-state index contributed by atoms with van der Waals surface area (Å²) in [6.07, 6.45) is 5.65. The molecule has 0 amide bonds. The zero-order valence-corrected chi connectivity index (χ0v) is 14.3. The van der Waals surface area contributed by atoms with Gasteiger partial charge in [-0.3, -0.25) is 4.79 Å². The Hall–Kier alpha value is -2.43. The van der Waals surface area contributed by atoms with Crippen LogP contribution >= 0.6 is 0 Å². The first-order chi connectivity index (χ1) is 11.5. The maximum atomic E-state index is 12.7. The molecule has 0 radical (unpaired) electrons. The summed E-state index contributed by atoms with van der Waals surface area (Å²) in [5.41, 5.74) is 3.85. The molecule has 1 aliphatic carbocycles. The molecule has 0 fully saturated rings. The smallest absolute Gasteiger partial charge is 0.337 e. The van der Waals surface area contributed by atoms with Gasteiger partial charge >= 0.3 is 5.97 Å². The number of hydrogen-bond acceptors (Lipinski definition) is 4. The lowest BCUT2D eigenvalue weighted by atomic mass is 9.75. The van der Waals surface area contributed by atoms with E-state index < -0.39 is 0 Å². The van der Waals surface area contributed by atoms with Gasteiger partial charge in [-0.1, -0.05) is 0 Å². The molecule has 5 nitrogen and oxygen atoms in total. The summed E-state index contributed by atoms with van der Waals surface area (Å²) < 4.78 is 5.45. The molecule has 0 aromatic carbocycles. The lowest BCUT2D eigenvalue weighted by Gasteiger charge is -2.33. The van der Waals surface area contributed by atoms with Crippen molar-refractivity contribution >= 4 is 11.8 Å². The SMILES string of the molecule is CC1=C(C(=O)OC(C)C)C(c2ccc[nH+]c2)C2=C(CCCC2=O)N1. The Morgan fingerprint density at radius 1 is 1.38 bits per heavy atom. The lowest BCUT2D eigenvalue weighted by molar-refractivity contribution is -0.378. The molecule has 0 spiro atoms. The van der Waals surface area contributed by atoms with E-state index in [2.05, 4.69) is 10.3 Å². The first-order valence-electron chi connectivity index (χ1n) is 8.40. The van der Waals surface area contributed by atoms with Crippen LogP contribution < -0.4 is 10.3 Å². The number of pyridine rings is 1. The van der Waals surface area contributed by atoms with Gasteiger partial charge in [-0.15, -0.1) is 0 Å². The third-order valence-electron chi connectivity index (χ3n) is 4.40. The molecule has 1 atom stereocenters. The van der Waals surface area contributed by atoms with Crippen LogP contribution in [0.3, 0.4) is 0 Å². The summed E-state index contributed by atoms with van der Waals surface area (Å²) >= 11 is 0. The summed E-state index contributed by atoms with van der Waals surface area (Å²) in [5.74, 6) is -0.633. The van der Waals surface area contributed by atoms with Crippen LogP contribution in [-0.2, 0) is 14.3 Å². The van der Waals surface area contributed by atoms with Crippen molar-refractivity contribution in [2.45, 2.75) is 52.1 Å². The highest BCUT2D eigenvalue weighted by Crippen LogP contribution is 2.42. The van der Waals surface area contributed by atoms with Crippen molar-refractivity contribution in [1.29, 1.82) is 0 Å². The molecule has 3 rings (SSSR count). The number of Topliss-reactive ketones (excluding diaryl/α,β-unsaturated/α-hetero) is 1. The number of carbonyl (C=O) groups excluding carboxylic acids is 2. The average molecular weight is 327 g/mol. The normalized spacial score (nSPS) is 20.8. The summed E-state index contributed by atoms with van der Waals surface area (Å²) in [6, 6.07) is 3.82. The van der Waals surface area contributed by atoms with Crippen molar-refractivity contribution in [2.24, 2.45) is 0 Å². The van der Waals surface area contributed by atoms with Crippen molar-refractivity contribution in [3.05, 3.63) is 52.6 Å². The second-order valence-corrected chi connectivity index (χ2v) is 6.56. The Kier molecular flexibility index (Phi) is 4.51. The first kappa shape index (κ1) is 16.4. The van der Waals surface area contributed by atoms with Gasteiger partial charge in [-0.25, -0.2) is 9.78 Å². The van der Waals surface area contributed by atoms with Gasteiger partial charge in [0.2, 0.25) is 0 Å². The molecule has 0 saturated carbocycles. The Morgan fingerprint density at radius 2 is 2.17 bits per heavy atom. The summed E-state index contributed by atoms with van der Waals surface area (Å²) in [6.45, 7) is 5.52. The molecule has 1 aliphatic heterocycles. The summed E-state index contributed by atoms with van der Waals surface area (Å²) in [7, 11) is 0. The predicted molar refractivity (Wildman–Crippen MR) is 88.7 cm³/mol. The van der Waals surface area contributed by atoms with E-state index in [9.17, 15) is 9.59 Å². The molecule has 126 valence electrons. The fourth-order valence-electron chi connectivity index (χ4n) is 3.45. The van der Waals surface area contributed by atoms with Gasteiger partial charge in [0, 0.05) is 35.0 Å². The Labute approximate surface area is 141 Å². The van der Waals surface area contributed by atoms with Gasteiger partial charge < -0.3 is 10.1 Å². The standard InChI is InChI=1S/C19H22N2O3/c1-11(2)24-19(23)16-12(3)21-14-7-4-8-15(22)18(14)17(16)13-6-5-9-20-10-13/h5-6,9-11,17,21H,4,7-8H2,1-3H3/p+1. The Balaban J connectivity index is 2.12. The van der Waals surface area contributed by atoms with Gasteiger partial charge in [0.1, 0.15) is 0 Å². The Bertz CT molecular complexity index is 732. The van der Waals surface area contributed by atoms with E-state index in [1.165, 1.54) is 0 Å². The van der Waals surface area contributed by atoms with E-state index in [0.29, 0.717) is 17.6 Å². The number of aromatic amines is 1. The van der Waals surface area contributed by atoms with Crippen LogP contribution in [0.2, 0.25) is 0 Å². The fraction of sp³-hybridized carbons (Fsp3) is 0.421. The van der Waals surface area contributed by atoms with E-state index in [-0.39, 0.29) is 23.8 Å². The number of H-pyrrole nitrogens is 1. The van der Waals surface area contributed by atoms with E-state index >= 15 is 0 Å². The maximum Gasteiger partial charge on any atom is 0.337 e. The van der Waals surface area contributed by atoms with Gasteiger partial charge in [-0.2, -0.15) is 0 Å². The average Bonchev–Trinajstić information content (AvgIpc) is 2.53. The zero-order valence-electron chi connectivity index (χ0n) is 14.3. The van der Waals surface area contributed by atoms with E-state index in [4.69, 9.17) is 4.74 Å². The van der Waals surface area contributed by atoms with Crippen molar-refractivity contribution in [2.75, 3.05) is 0 Å². The number of dihydropyridines is 1. The van der Waals surface area contributed by atoms with Gasteiger partial charge in [0.15, 0.2) is 18.2 Å². The molecule has 1 unspecified atom stereocenters. The van der Waals surface area contributed by atoms with Crippen molar-refractivity contribution < 1.29 is 19.3 Å². The molecule has 0 bridgehead atoms. The third kappa shape index (κ3) is 2.98. The molecular formula is C19H23N2O3+. The van der Waals surface area contributed by atoms with Crippen LogP contribution in [0.25, 0.3) is 0 Å². The quantitative estimate of drug-likeness (QED) is 0.866. The van der Waals surface area contributed by atoms with Crippen LogP contribution in [0.4, 0.5) is 0 Å². The van der Waals surface area contributed by atoms with Crippen LogP contribution in [0.1, 0.15) is 51.5 Å². The number of nitrogens with one attached hydrogen (secondary N) is 2. The number of ether oxygens (including phenoxy) is 1. The van der Waals surface area contributed by atoms with E-state index in [1.807, 2.05) is 45.3 Å². The molecule has 24 heavy (non-hydrogen) atoms. The molecule has 1 aromatic rings. The Morgan fingerprint density at radius 3 is 2.83 bits per heavy atom. The maximum absolute atomic E-state index is 12.7. The molecule has 5 heteroatoms. The molecule has 2 N–H and O–H groups in total. The second kappa shape index (κ2) is 6.59. The highest BCUT2D eigenvalue weighted by atomic mass is 16.5. The summed E-state index contributed by atoms with van der Waals surface area (Å²) in [4.78, 5) is 28.4. The minimum Gasteiger partial charge on any atom is -0.460 e. The van der Waals surface area contributed by atoms with Crippen molar-refractivity contribution in [1.82, 2.24) is 5.32 Å². The molecule has 2 aliphatic rings. The minimum atomic E-state index is -0.377. The number of hydrogen-bond donors (Lipinski definition) is 1. The number of rotatable bonds is 3. The van der Waals surface area contributed by atoms with E-state index in [1.54, 1.807) is 0 Å². The van der Waals surface area contributed by atoms with E-state index in [0.717, 1.165) is 29.8 Å². The van der Waals surface area contributed by atoms with Crippen LogP contribution in [-0.4, -0.2) is 17.9 Å². The number of esters is 1. The van der Waals surface area contributed by atoms with Gasteiger partial charge in [-0.05, 0) is 39.7 Å². The topological polar surface area (TPSA) is 69.5 Å². The largest absolute Gasteiger partial charge is 0.460 e. The van der Waals surface area contributed by atoms with Crippen LogP contribution in [0.15, 0.2) is 47.1 Å². The number of aromatic nitrogens is 1. The van der Waals surface area contributed by atoms with Crippen molar-refractivity contribution in [3.8, 4) is 0 Å². The van der Waals surface area contributed by atoms with Crippen molar-refractivity contribution in [3.63, 3.8) is 0 Å². The van der Waals surface area contributed by atoms with Crippen LogP contribution in [0, 0.1) is 0 Å². The highest BCUT2D eigenvalue weighted by molar-refractivity contribution is 6.03. The molecular weight excluding hydrogens is 304 g/mol. The van der Waals surface area contributed by atoms with Crippen LogP contribution in [0.5, 0.6) is 0 Å². The van der Waals surface area contributed by atoms with Gasteiger partial charge in [0.05, 0.1) is 17.6 Å². The molecule has 1 aromatic heterocycles. The minimum absolute atomic E-state index is 0.111. The lowest BCUT2D eigenvalue weighted by Crippen LogP contribution is -2.35. The summed E-state index contributed by atoms with van der Waals surface area (Å²) in [5, 5.41) is 3.28. The number of allylic oxidation sites excluding steroid dienone is 3. The molecule has 0 saturated heterocycles. The highest BCUT2D eigenvalue weighted by Gasteiger charge is 2.39. The fourth-order valence-corrected chi connectivity index (χ4v) is 3.45. The molecule has 2 heterocycles. The first-order valence-corrected chi connectivity index (χ1v) is 8.40. The number of carbonyl (C=O) groups is 2. The van der Waals surface area contributed by atoms with Gasteiger partial charge in [0.25, 0.3) is 0 Å². The number of ketones is 1.